The minimum absolute atomic E-state index is 0.910. The van der Waals surface area contributed by atoms with Crippen LogP contribution in [0.5, 0.6) is 0 Å². The fourth-order valence-corrected chi connectivity index (χ4v) is 2.21. The van der Waals surface area contributed by atoms with Crippen molar-refractivity contribution in [1.82, 2.24) is 5.32 Å². The van der Waals surface area contributed by atoms with Crippen molar-refractivity contribution in [3.8, 4) is 0 Å². The molecular formula is C11H23N. The molecule has 0 aromatic rings. The second-order valence-electron chi connectivity index (χ2n) is 4.33. The quantitative estimate of drug-likeness (QED) is 0.685. The number of hydrogen-bond donors (Lipinski definition) is 1. The summed E-state index contributed by atoms with van der Waals surface area (Å²) in [6.07, 6.45) is 4.13. The fourth-order valence-electron chi connectivity index (χ4n) is 2.21. The van der Waals surface area contributed by atoms with Gasteiger partial charge in [-0.15, -0.1) is 0 Å². The summed E-state index contributed by atoms with van der Waals surface area (Å²) in [6.45, 7) is 9.62. The zero-order valence-corrected chi connectivity index (χ0v) is 8.77. The standard InChI is InChI=1S/C11H23N/c1-4-9(2)10(3)11-5-7-12-8-6-11/h9-12H,4-8H2,1-3H3/t9-,10-/m0/s1. The van der Waals surface area contributed by atoms with Crippen LogP contribution in [0, 0.1) is 17.8 Å². The van der Waals surface area contributed by atoms with Gasteiger partial charge in [0.1, 0.15) is 0 Å². The topological polar surface area (TPSA) is 12.0 Å². The van der Waals surface area contributed by atoms with E-state index in [0.717, 1.165) is 17.8 Å². The molecule has 1 aliphatic heterocycles. The van der Waals surface area contributed by atoms with Gasteiger partial charge in [-0.2, -0.15) is 0 Å². The van der Waals surface area contributed by atoms with Gasteiger partial charge in [-0.1, -0.05) is 27.2 Å². The van der Waals surface area contributed by atoms with Crippen molar-refractivity contribution in [2.75, 3.05) is 13.1 Å². The molecule has 72 valence electrons. The van der Waals surface area contributed by atoms with E-state index in [1.54, 1.807) is 0 Å². The smallest absolute Gasteiger partial charge is 0.00462 e. The summed E-state index contributed by atoms with van der Waals surface area (Å²) in [4.78, 5) is 0. The van der Waals surface area contributed by atoms with Crippen molar-refractivity contribution in [2.24, 2.45) is 17.8 Å². The molecule has 1 fully saturated rings. The molecule has 0 spiro atoms. The molecule has 1 heteroatoms. The summed E-state index contributed by atoms with van der Waals surface area (Å²) >= 11 is 0. The highest BCUT2D eigenvalue weighted by atomic mass is 14.9. The molecule has 0 bridgehead atoms. The van der Waals surface area contributed by atoms with Crippen molar-refractivity contribution in [3.05, 3.63) is 0 Å². The van der Waals surface area contributed by atoms with Crippen LogP contribution < -0.4 is 5.32 Å². The third kappa shape index (κ3) is 2.48. The fraction of sp³-hybridized carbons (Fsp3) is 1.00. The first-order valence-corrected chi connectivity index (χ1v) is 5.46. The summed E-state index contributed by atoms with van der Waals surface area (Å²) in [6, 6.07) is 0. The lowest BCUT2D eigenvalue weighted by Gasteiger charge is -2.31. The molecule has 1 N–H and O–H groups in total. The summed E-state index contributed by atoms with van der Waals surface area (Å²) in [5.41, 5.74) is 0. The van der Waals surface area contributed by atoms with E-state index >= 15 is 0 Å². The maximum atomic E-state index is 3.43. The first kappa shape index (κ1) is 10.0. The molecule has 0 aromatic heterocycles. The first-order valence-electron chi connectivity index (χ1n) is 5.46. The van der Waals surface area contributed by atoms with Gasteiger partial charge in [0.25, 0.3) is 0 Å². The minimum atomic E-state index is 0.910. The van der Waals surface area contributed by atoms with E-state index in [1.807, 2.05) is 0 Å². The Kier molecular flexibility index (Phi) is 4.07. The lowest BCUT2D eigenvalue weighted by atomic mass is 9.78. The van der Waals surface area contributed by atoms with E-state index in [-0.39, 0.29) is 0 Å². The molecule has 1 aliphatic rings. The Bertz CT molecular complexity index is 116. The molecule has 0 unspecified atom stereocenters. The molecule has 1 rings (SSSR count). The molecule has 0 saturated carbocycles. The summed E-state index contributed by atoms with van der Waals surface area (Å²) in [7, 11) is 0. The minimum Gasteiger partial charge on any atom is -0.317 e. The Morgan fingerprint density at radius 1 is 1.25 bits per heavy atom. The van der Waals surface area contributed by atoms with Gasteiger partial charge in [0, 0.05) is 0 Å². The lowest BCUT2D eigenvalue weighted by Crippen LogP contribution is -2.32. The van der Waals surface area contributed by atoms with Crippen LogP contribution in [-0.2, 0) is 0 Å². The van der Waals surface area contributed by atoms with Gasteiger partial charge in [0.15, 0.2) is 0 Å². The molecular weight excluding hydrogens is 146 g/mol. The molecule has 2 atom stereocenters. The lowest BCUT2D eigenvalue weighted by molar-refractivity contribution is 0.208. The monoisotopic (exact) mass is 169 g/mol. The number of nitrogens with one attached hydrogen (secondary N) is 1. The predicted octanol–water partition coefficient (Wildman–Crippen LogP) is 2.67. The highest BCUT2D eigenvalue weighted by Gasteiger charge is 2.22. The third-order valence-corrected chi connectivity index (χ3v) is 3.67. The van der Waals surface area contributed by atoms with Gasteiger partial charge in [-0.05, 0) is 43.7 Å². The molecule has 0 radical (unpaired) electrons. The summed E-state index contributed by atoms with van der Waals surface area (Å²) in [5.74, 6) is 2.83. The van der Waals surface area contributed by atoms with Crippen LogP contribution in [0.25, 0.3) is 0 Å². The maximum absolute atomic E-state index is 3.43. The molecule has 1 heterocycles. The molecule has 0 aromatic carbocycles. The van der Waals surface area contributed by atoms with Gasteiger partial charge < -0.3 is 5.32 Å². The number of rotatable bonds is 3. The van der Waals surface area contributed by atoms with E-state index in [4.69, 9.17) is 0 Å². The van der Waals surface area contributed by atoms with E-state index in [9.17, 15) is 0 Å². The van der Waals surface area contributed by atoms with Crippen molar-refractivity contribution < 1.29 is 0 Å². The number of piperidine rings is 1. The Morgan fingerprint density at radius 2 is 1.83 bits per heavy atom. The second-order valence-corrected chi connectivity index (χ2v) is 4.33. The Balaban J connectivity index is 2.33. The molecule has 0 amide bonds. The average Bonchev–Trinajstić information content (AvgIpc) is 2.17. The van der Waals surface area contributed by atoms with Crippen LogP contribution in [0.4, 0.5) is 0 Å². The predicted molar refractivity (Wildman–Crippen MR) is 54.2 cm³/mol. The Labute approximate surface area is 76.9 Å². The molecule has 1 nitrogen and oxygen atoms in total. The van der Waals surface area contributed by atoms with Crippen molar-refractivity contribution in [3.63, 3.8) is 0 Å². The average molecular weight is 169 g/mol. The van der Waals surface area contributed by atoms with Crippen LogP contribution in [0.3, 0.4) is 0 Å². The molecule has 12 heavy (non-hydrogen) atoms. The zero-order valence-electron chi connectivity index (χ0n) is 8.77. The largest absolute Gasteiger partial charge is 0.317 e. The van der Waals surface area contributed by atoms with Crippen molar-refractivity contribution >= 4 is 0 Å². The maximum Gasteiger partial charge on any atom is -0.00462 e. The first-order chi connectivity index (χ1) is 5.75. The van der Waals surface area contributed by atoms with E-state index in [2.05, 4.69) is 26.1 Å². The van der Waals surface area contributed by atoms with E-state index < -0.39 is 0 Å². The SMILES string of the molecule is CC[C@H](C)[C@H](C)C1CCNCC1. The zero-order chi connectivity index (χ0) is 8.97. The number of hydrogen-bond acceptors (Lipinski definition) is 1. The third-order valence-electron chi connectivity index (χ3n) is 3.67. The van der Waals surface area contributed by atoms with Crippen LogP contribution >= 0.6 is 0 Å². The van der Waals surface area contributed by atoms with Gasteiger partial charge in [0.2, 0.25) is 0 Å². The highest BCUT2D eigenvalue weighted by Crippen LogP contribution is 2.29. The van der Waals surface area contributed by atoms with Gasteiger partial charge >= 0.3 is 0 Å². The normalized spacial score (nSPS) is 25.2. The van der Waals surface area contributed by atoms with E-state index in [0.29, 0.717) is 0 Å². The van der Waals surface area contributed by atoms with Crippen molar-refractivity contribution in [1.29, 1.82) is 0 Å². The molecule has 1 saturated heterocycles. The van der Waals surface area contributed by atoms with Crippen molar-refractivity contribution in [2.45, 2.75) is 40.0 Å². The van der Waals surface area contributed by atoms with E-state index in [1.165, 1.54) is 32.4 Å². The highest BCUT2D eigenvalue weighted by molar-refractivity contribution is 4.75. The summed E-state index contributed by atoms with van der Waals surface area (Å²) in [5, 5.41) is 3.43. The Morgan fingerprint density at radius 3 is 2.33 bits per heavy atom. The van der Waals surface area contributed by atoms with Crippen LogP contribution in [0.2, 0.25) is 0 Å². The van der Waals surface area contributed by atoms with Crippen LogP contribution in [-0.4, -0.2) is 13.1 Å². The summed E-state index contributed by atoms with van der Waals surface area (Å²) < 4.78 is 0. The van der Waals surface area contributed by atoms with Crippen LogP contribution in [0.15, 0.2) is 0 Å². The molecule has 0 aliphatic carbocycles. The second kappa shape index (κ2) is 4.86. The van der Waals surface area contributed by atoms with Gasteiger partial charge in [-0.25, -0.2) is 0 Å². The van der Waals surface area contributed by atoms with Gasteiger partial charge in [0.05, 0.1) is 0 Å². The Hall–Kier alpha value is -0.0400. The van der Waals surface area contributed by atoms with Crippen LogP contribution in [0.1, 0.15) is 40.0 Å². The van der Waals surface area contributed by atoms with Gasteiger partial charge in [-0.3, -0.25) is 0 Å².